The lowest BCUT2D eigenvalue weighted by Gasteiger charge is -2.00. The van der Waals surface area contributed by atoms with Gasteiger partial charge in [-0.3, -0.25) is 9.48 Å². The van der Waals surface area contributed by atoms with Crippen molar-refractivity contribution in [3.8, 4) is 17.3 Å². The van der Waals surface area contributed by atoms with Crippen molar-refractivity contribution < 1.29 is 14.6 Å². The van der Waals surface area contributed by atoms with E-state index in [9.17, 15) is 4.79 Å². The average Bonchev–Trinajstić information content (AvgIpc) is 2.96. The number of aromatic nitrogens is 5. The Bertz CT molecular complexity index is 582. The van der Waals surface area contributed by atoms with E-state index in [4.69, 9.17) is 5.11 Å². The van der Waals surface area contributed by atoms with Crippen LogP contribution < -0.4 is 0 Å². The first-order chi connectivity index (χ1) is 10.2. The molecule has 0 aliphatic rings. The van der Waals surface area contributed by atoms with Crippen LogP contribution in [-0.4, -0.2) is 43.1 Å². The lowest BCUT2D eigenvalue weighted by Crippen LogP contribution is -2.01. The van der Waals surface area contributed by atoms with Crippen LogP contribution in [0.5, 0.6) is 6.01 Å². The minimum atomic E-state index is -0.267. The van der Waals surface area contributed by atoms with Gasteiger partial charge in [-0.25, -0.2) is 9.97 Å². The van der Waals surface area contributed by atoms with E-state index < -0.39 is 0 Å². The van der Waals surface area contributed by atoms with Gasteiger partial charge < -0.3 is 9.84 Å². The van der Waals surface area contributed by atoms with E-state index in [1.807, 2.05) is 0 Å². The predicted molar refractivity (Wildman–Crippen MR) is 73.2 cm³/mol. The summed E-state index contributed by atoms with van der Waals surface area (Å²) in [6.07, 6.45) is 7.87. The minimum absolute atomic E-state index is 0.176. The molecule has 0 atom stereocenters. The zero-order valence-electron chi connectivity index (χ0n) is 11.8. The van der Waals surface area contributed by atoms with Gasteiger partial charge in [-0.2, -0.15) is 0 Å². The van der Waals surface area contributed by atoms with E-state index >= 15 is 0 Å². The second-order valence-electron chi connectivity index (χ2n) is 4.53. The first kappa shape index (κ1) is 14.9. The molecule has 2 aromatic heterocycles. The van der Waals surface area contributed by atoms with E-state index in [1.165, 1.54) is 19.5 Å². The first-order valence-electron chi connectivity index (χ1n) is 6.67. The summed E-state index contributed by atoms with van der Waals surface area (Å²) in [7, 11) is 1.40. The molecule has 0 unspecified atom stereocenters. The third-order valence-electron chi connectivity index (χ3n) is 2.97. The molecule has 0 saturated heterocycles. The molecule has 2 aromatic rings. The Morgan fingerprint density at radius 2 is 2.05 bits per heavy atom. The van der Waals surface area contributed by atoms with Gasteiger partial charge in [0, 0.05) is 30.9 Å². The number of ether oxygens (including phenoxy) is 1. The largest absolute Gasteiger partial charge is 0.479 e. The fourth-order valence-corrected chi connectivity index (χ4v) is 1.82. The molecule has 0 spiro atoms. The molecule has 8 nitrogen and oxygen atoms in total. The Kier molecular flexibility index (Phi) is 5.19. The van der Waals surface area contributed by atoms with Gasteiger partial charge >= 0.3 is 12.0 Å². The number of methoxy groups -OCH3 is 1. The highest BCUT2D eigenvalue weighted by molar-refractivity contribution is 5.68. The maximum Gasteiger partial charge on any atom is 0.313 e. The average molecular weight is 291 g/mol. The fourth-order valence-electron chi connectivity index (χ4n) is 1.82. The number of carbonyl (C=O) groups is 1. The van der Waals surface area contributed by atoms with Crippen molar-refractivity contribution in [1.29, 1.82) is 0 Å². The van der Waals surface area contributed by atoms with Crippen LogP contribution in [0.25, 0.3) is 11.3 Å². The fraction of sp³-hybridized carbons (Fsp3) is 0.462. The third-order valence-corrected chi connectivity index (χ3v) is 2.97. The topological polar surface area (TPSA) is 103 Å². The van der Waals surface area contributed by atoms with Crippen LogP contribution in [0.4, 0.5) is 0 Å². The molecule has 0 bridgehead atoms. The second kappa shape index (κ2) is 7.32. The number of carbonyl (C=O) groups excluding carboxylic acids is 1. The van der Waals surface area contributed by atoms with Crippen LogP contribution in [-0.2, 0) is 16.1 Å². The molecule has 2 heterocycles. The van der Waals surface area contributed by atoms with Gasteiger partial charge in [0.15, 0.2) is 0 Å². The second-order valence-corrected chi connectivity index (χ2v) is 4.53. The number of hydrogen-bond donors (Lipinski definition) is 1. The van der Waals surface area contributed by atoms with Gasteiger partial charge in [0.2, 0.25) is 0 Å². The van der Waals surface area contributed by atoms with E-state index in [0.29, 0.717) is 17.7 Å². The van der Waals surface area contributed by atoms with Gasteiger partial charge in [0.05, 0.1) is 13.3 Å². The highest BCUT2D eigenvalue weighted by atomic mass is 16.5. The van der Waals surface area contributed by atoms with Gasteiger partial charge in [0.25, 0.3) is 0 Å². The number of nitrogens with zero attached hydrogens (tertiary/aromatic N) is 5. The van der Waals surface area contributed by atoms with Crippen LogP contribution in [0.1, 0.15) is 25.7 Å². The molecule has 0 saturated carbocycles. The van der Waals surface area contributed by atoms with Crippen LogP contribution in [0.15, 0.2) is 18.6 Å². The standard InChI is InChI=1S/C13H17N5O3/c1-21-12(19)5-3-2-4-6-18-9-11(16-17-18)10-7-14-13(20)15-8-10/h7-9H,2-6H2,1H3,(H,14,15,20). The molecule has 0 radical (unpaired) electrons. The normalized spacial score (nSPS) is 10.5. The van der Waals surface area contributed by atoms with Crippen LogP contribution in [0.3, 0.4) is 0 Å². The summed E-state index contributed by atoms with van der Waals surface area (Å²) < 4.78 is 6.32. The predicted octanol–water partition coefficient (Wildman–Crippen LogP) is 1.17. The lowest BCUT2D eigenvalue weighted by atomic mass is 10.2. The van der Waals surface area contributed by atoms with Crippen molar-refractivity contribution in [3.05, 3.63) is 18.6 Å². The molecule has 112 valence electrons. The Hall–Kier alpha value is -2.51. The quantitative estimate of drug-likeness (QED) is 0.603. The third kappa shape index (κ3) is 4.51. The molecule has 0 aliphatic heterocycles. The van der Waals surface area contributed by atoms with Crippen molar-refractivity contribution >= 4 is 5.97 Å². The molecule has 2 rings (SSSR count). The molecule has 21 heavy (non-hydrogen) atoms. The van der Waals surface area contributed by atoms with E-state index in [-0.39, 0.29) is 12.0 Å². The summed E-state index contributed by atoms with van der Waals surface area (Å²) in [4.78, 5) is 18.3. The summed E-state index contributed by atoms with van der Waals surface area (Å²) >= 11 is 0. The molecule has 0 aromatic carbocycles. The molecule has 0 fully saturated rings. The molecule has 0 aliphatic carbocycles. The van der Waals surface area contributed by atoms with Crippen molar-refractivity contribution in [2.24, 2.45) is 0 Å². The van der Waals surface area contributed by atoms with Crippen molar-refractivity contribution in [2.75, 3.05) is 7.11 Å². The Balaban J connectivity index is 1.78. The number of aromatic hydroxyl groups is 1. The maximum absolute atomic E-state index is 10.9. The van der Waals surface area contributed by atoms with E-state index in [1.54, 1.807) is 10.9 Å². The summed E-state index contributed by atoms with van der Waals surface area (Å²) in [5, 5.41) is 17.1. The highest BCUT2D eigenvalue weighted by Gasteiger charge is 2.05. The number of unbranched alkanes of at least 4 members (excludes halogenated alkanes) is 2. The van der Waals surface area contributed by atoms with Gasteiger partial charge in [-0.1, -0.05) is 11.6 Å². The molecular formula is C13H17N5O3. The highest BCUT2D eigenvalue weighted by Crippen LogP contribution is 2.15. The molecule has 8 heteroatoms. The van der Waals surface area contributed by atoms with Crippen molar-refractivity contribution in [2.45, 2.75) is 32.2 Å². The van der Waals surface area contributed by atoms with E-state index in [2.05, 4.69) is 25.0 Å². The summed E-state index contributed by atoms with van der Waals surface area (Å²) in [5.41, 5.74) is 1.36. The number of aryl methyl sites for hydroxylation is 1. The maximum atomic E-state index is 10.9. The smallest absolute Gasteiger partial charge is 0.313 e. The number of esters is 1. The molecule has 0 amide bonds. The van der Waals surface area contributed by atoms with E-state index in [0.717, 1.165) is 25.8 Å². The Labute approximate surface area is 121 Å². The van der Waals surface area contributed by atoms with Crippen LogP contribution in [0.2, 0.25) is 0 Å². The molecular weight excluding hydrogens is 274 g/mol. The Morgan fingerprint density at radius 1 is 1.29 bits per heavy atom. The molecule has 1 N–H and O–H groups in total. The van der Waals surface area contributed by atoms with Gasteiger partial charge in [0.1, 0.15) is 5.69 Å². The summed E-state index contributed by atoms with van der Waals surface area (Å²) in [6, 6.07) is -0.267. The first-order valence-corrected chi connectivity index (χ1v) is 6.67. The Morgan fingerprint density at radius 3 is 2.76 bits per heavy atom. The van der Waals surface area contributed by atoms with Gasteiger partial charge in [-0.15, -0.1) is 5.10 Å². The monoisotopic (exact) mass is 291 g/mol. The minimum Gasteiger partial charge on any atom is -0.479 e. The lowest BCUT2D eigenvalue weighted by molar-refractivity contribution is -0.140. The van der Waals surface area contributed by atoms with Crippen molar-refractivity contribution in [3.63, 3.8) is 0 Å². The summed E-state index contributed by atoms with van der Waals surface area (Å²) in [5.74, 6) is -0.176. The zero-order valence-corrected chi connectivity index (χ0v) is 11.8. The summed E-state index contributed by atoms with van der Waals surface area (Å²) in [6.45, 7) is 0.729. The zero-order chi connectivity index (χ0) is 15.1. The van der Waals surface area contributed by atoms with Gasteiger partial charge in [-0.05, 0) is 12.8 Å². The van der Waals surface area contributed by atoms with Crippen LogP contribution in [0, 0.1) is 0 Å². The SMILES string of the molecule is COC(=O)CCCCCn1cc(-c2cnc(O)nc2)nn1. The van der Waals surface area contributed by atoms with Crippen molar-refractivity contribution in [1.82, 2.24) is 25.0 Å². The number of hydrogen-bond acceptors (Lipinski definition) is 7. The number of rotatable bonds is 7. The van der Waals surface area contributed by atoms with Crippen LogP contribution >= 0.6 is 0 Å².